The lowest BCUT2D eigenvalue weighted by Gasteiger charge is -2.17. The highest BCUT2D eigenvalue weighted by molar-refractivity contribution is 9.10. The number of rotatable bonds is 4. The van der Waals surface area contributed by atoms with Gasteiger partial charge in [-0.3, -0.25) is 4.98 Å². The molecule has 1 heterocycles. The van der Waals surface area contributed by atoms with Gasteiger partial charge in [-0.25, -0.2) is 4.79 Å². The van der Waals surface area contributed by atoms with Crippen LogP contribution in [0.1, 0.15) is 17.3 Å². The minimum Gasteiger partial charge on any atom is -0.479 e. The average molecular weight is 321 g/mol. The molecule has 1 unspecified atom stereocenters. The monoisotopic (exact) mass is 320 g/mol. The molecule has 5 heteroatoms. The zero-order valence-electron chi connectivity index (χ0n) is 10.3. The Morgan fingerprint density at radius 2 is 2.05 bits per heavy atom. The van der Waals surface area contributed by atoms with Crippen LogP contribution in [0.4, 0.5) is 5.69 Å². The van der Waals surface area contributed by atoms with Crippen LogP contribution in [0.5, 0.6) is 0 Å². The standard InChI is InChI=1S/C14H13BrN2O2/c1-9-6-7-10(8-16-9)13(14(18)19)17-12-5-3-2-4-11(12)15/h2-8,13,17H,1H3,(H,18,19). The summed E-state index contributed by atoms with van der Waals surface area (Å²) in [7, 11) is 0. The summed E-state index contributed by atoms with van der Waals surface area (Å²) in [5, 5.41) is 12.3. The van der Waals surface area contributed by atoms with Gasteiger partial charge in [0.15, 0.2) is 6.04 Å². The highest BCUT2D eigenvalue weighted by Crippen LogP contribution is 2.26. The number of nitrogens with one attached hydrogen (secondary N) is 1. The fourth-order valence-electron chi connectivity index (χ4n) is 1.67. The molecule has 0 bridgehead atoms. The smallest absolute Gasteiger partial charge is 0.330 e. The topological polar surface area (TPSA) is 62.2 Å². The van der Waals surface area contributed by atoms with E-state index in [9.17, 15) is 9.90 Å². The van der Waals surface area contributed by atoms with Crippen molar-refractivity contribution in [3.8, 4) is 0 Å². The van der Waals surface area contributed by atoms with Gasteiger partial charge in [-0.05, 0) is 41.1 Å². The van der Waals surface area contributed by atoms with Crippen molar-refractivity contribution in [1.82, 2.24) is 4.98 Å². The summed E-state index contributed by atoms with van der Waals surface area (Å²) >= 11 is 3.39. The average Bonchev–Trinajstić information content (AvgIpc) is 2.39. The summed E-state index contributed by atoms with van der Waals surface area (Å²) in [6.45, 7) is 1.86. The van der Waals surface area contributed by atoms with Crippen LogP contribution in [0.2, 0.25) is 0 Å². The van der Waals surface area contributed by atoms with E-state index in [1.54, 1.807) is 18.3 Å². The molecule has 0 radical (unpaired) electrons. The Bertz CT molecular complexity index is 584. The van der Waals surface area contributed by atoms with E-state index in [1.807, 2.05) is 31.2 Å². The third kappa shape index (κ3) is 3.32. The quantitative estimate of drug-likeness (QED) is 0.906. The molecule has 2 N–H and O–H groups in total. The second-order valence-corrected chi connectivity index (χ2v) is 4.98. The van der Waals surface area contributed by atoms with Crippen molar-refractivity contribution in [2.75, 3.05) is 5.32 Å². The number of benzene rings is 1. The van der Waals surface area contributed by atoms with Crippen LogP contribution in [0.3, 0.4) is 0 Å². The molecule has 19 heavy (non-hydrogen) atoms. The zero-order valence-corrected chi connectivity index (χ0v) is 11.9. The molecule has 0 aliphatic heterocycles. The van der Waals surface area contributed by atoms with Crippen LogP contribution in [-0.4, -0.2) is 16.1 Å². The molecule has 1 atom stereocenters. The summed E-state index contributed by atoms with van der Waals surface area (Å²) < 4.78 is 0.821. The highest BCUT2D eigenvalue weighted by atomic mass is 79.9. The number of aromatic nitrogens is 1. The highest BCUT2D eigenvalue weighted by Gasteiger charge is 2.20. The van der Waals surface area contributed by atoms with Crippen molar-refractivity contribution in [3.63, 3.8) is 0 Å². The van der Waals surface area contributed by atoms with Crippen molar-refractivity contribution in [1.29, 1.82) is 0 Å². The molecule has 0 aliphatic rings. The van der Waals surface area contributed by atoms with E-state index in [0.29, 0.717) is 5.56 Å². The van der Waals surface area contributed by atoms with E-state index in [0.717, 1.165) is 15.9 Å². The van der Waals surface area contributed by atoms with Crippen LogP contribution in [0.25, 0.3) is 0 Å². The molecule has 0 saturated carbocycles. The van der Waals surface area contributed by atoms with Crippen LogP contribution >= 0.6 is 15.9 Å². The van der Waals surface area contributed by atoms with Crippen molar-refractivity contribution in [2.45, 2.75) is 13.0 Å². The lowest BCUT2D eigenvalue weighted by atomic mass is 10.1. The van der Waals surface area contributed by atoms with Gasteiger partial charge in [0.1, 0.15) is 0 Å². The van der Waals surface area contributed by atoms with Crippen molar-refractivity contribution >= 4 is 27.6 Å². The second kappa shape index (κ2) is 5.84. The summed E-state index contributed by atoms with van der Waals surface area (Å²) in [6, 6.07) is 10.1. The van der Waals surface area contributed by atoms with E-state index in [-0.39, 0.29) is 0 Å². The number of aryl methyl sites for hydroxylation is 1. The number of halogens is 1. The van der Waals surface area contributed by atoms with Gasteiger partial charge >= 0.3 is 5.97 Å². The molecule has 0 amide bonds. The number of anilines is 1. The molecule has 4 nitrogen and oxygen atoms in total. The van der Waals surface area contributed by atoms with Gasteiger partial charge in [0.2, 0.25) is 0 Å². The first kappa shape index (κ1) is 13.5. The van der Waals surface area contributed by atoms with Gasteiger partial charge in [-0.15, -0.1) is 0 Å². The predicted molar refractivity (Wildman–Crippen MR) is 77.1 cm³/mol. The van der Waals surface area contributed by atoms with Gasteiger partial charge in [0, 0.05) is 27.6 Å². The van der Waals surface area contributed by atoms with Crippen molar-refractivity contribution < 1.29 is 9.90 Å². The van der Waals surface area contributed by atoms with Crippen LogP contribution in [-0.2, 0) is 4.79 Å². The molecule has 0 aliphatic carbocycles. The maximum atomic E-state index is 11.4. The summed E-state index contributed by atoms with van der Waals surface area (Å²) in [4.78, 5) is 15.5. The van der Waals surface area contributed by atoms with Gasteiger partial charge in [-0.1, -0.05) is 18.2 Å². The number of hydrogen-bond donors (Lipinski definition) is 2. The minimum absolute atomic E-state index is 0.619. The number of nitrogens with zero attached hydrogens (tertiary/aromatic N) is 1. The summed E-state index contributed by atoms with van der Waals surface area (Å²) in [5.74, 6) is -0.943. The molecule has 0 fully saturated rings. The molecule has 1 aromatic carbocycles. The number of carbonyl (C=O) groups is 1. The first-order valence-electron chi connectivity index (χ1n) is 5.74. The van der Waals surface area contributed by atoms with Gasteiger partial charge in [0.25, 0.3) is 0 Å². The zero-order chi connectivity index (χ0) is 13.8. The lowest BCUT2D eigenvalue weighted by Crippen LogP contribution is -2.20. The van der Waals surface area contributed by atoms with Crippen molar-refractivity contribution in [2.24, 2.45) is 0 Å². The maximum Gasteiger partial charge on any atom is 0.330 e. The number of para-hydroxylation sites is 1. The molecule has 0 saturated heterocycles. The molecule has 98 valence electrons. The Morgan fingerprint density at radius 3 is 2.63 bits per heavy atom. The second-order valence-electron chi connectivity index (χ2n) is 4.13. The Labute approximate surface area is 119 Å². The number of pyridine rings is 1. The maximum absolute atomic E-state index is 11.4. The molecular formula is C14H13BrN2O2. The molecule has 1 aromatic heterocycles. The number of hydrogen-bond acceptors (Lipinski definition) is 3. The van der Waals surface area contributed by atoms with E-state index in [1.165, 1.54) is 0 Å². The largest absolute Gasteiger partial charge is 0.479 e. The number of carboxylic acid groups (broad SMARTS) is 1. The predicted octanol–water partition coefficient (Wildman–Crippen LogP) is 3.39. The van der Waals surface area contributed by atoms with E-state index in [4.69, 9.17) is 0 Å². The number of carboxylic acids is 1. The van der Waals surface area contributed by atoms with E-state index in [2.05, 4.69) is 26.2 Å². The first-order chi connectivity index (χ1) is 9.08. The molecule has 2 rings (SSSR count). The summed E-state index contributed by atoms with van der Waals surface area (Å²) in [6.07, 6.45) is 1.58. The van der Waals surface area contributed by atoms with E-state index >= 15 is 0 Å². The Morgan fingerprint density at radius 1 is 1.32 bits per heavy atom. The SMILES string of the molecule is Cc1ccc(C(Nc2ccccc2Br)C(=O)O)cn1. The van der Waals surface area contributed by atoms with Crippen LogP contribution in [0, 0.1) is 6.92 Å². The fourth-order valence-corrected chi connectivity index (χ4v) is 2.07. The summed E-state index contributed by atoms with van der Waals surface area (Å²) in [5.41, 5.74) is 2.21. The Balaban J connectivity index is 2.29. The van der Waals surface area contributed by atoms with Crippen LogP contribution < -0.4 is 5.32 Å². The number of aliphatic carboxylic acids is 1. The van der Waals surface area contributed by atoms with Crippen molar-refractivity contribution in [3.05, 3.63) is 58.3 Å². The first-order valence-corrected chi connectivity index (χ1v) is 6.53. The third-order valence-electron chi connectivity index (χ3n) is 2.69. The molecular weight excluding hydrogens is 308 g/mol. The van der Waals surface area contributed by atoms with Gasteiger partial charge < -0.3 is 10.4 Å². The molecule has 2 aromatic rings. The van der Waals surface area contributed by atoms with Gasteiger partial charge in [0.05, 0.1) is 0 Å². The van der Waals surface area contributed by atoms with E-state index < -0.39 is 12.0 Å². The minimum atomic E-state index is -0.943. The lowest BCUT2D eigenvalue weighted by molar-refractivity contribution is -0.138. The van der Waals surface area contributed by atoms with Crippen LogP contribution in [0.15, 0.2) is 47.1 Å². The Hall–Kier alpha value is -1.88. The Kier molecular flexibility index (Phi) is 4.16. The fraction of sp³-hybridized carbons (Fsp3) is 0.143. The van der Waals surface area contributed by atoms with Gasteiger partial charge in [-0.2, -0.15) is 0 Å². The normalized spacial score (nSPS) is 11.9. The molecule has 0 spiro atoms. The third-order valence-corrected chi connectivity index (χ3v) is 3.38.